The van der Waals surface area contributed by atoms with Crippen molar-refractivity contribution < 1.29 is 0 Å². The second kappa shape index (κ2) is 7.48. The Bertz CT molecular complexity index is 846. The van der Waals surface area contributed by atoms with Gasteiger partial charge in [0.25, 0.3) is 0 Å². The van der Waals surface area contributed by atoms with E-state index in [0.29, 0.717) is 5.41 Å². The van der Waals surface area contributed by atoms with Crippen LogP contribution in [-0.4, -0.2) is 21.4 Å². The van der Waals surface area contributed by atoms with Gasteiger partial charge in [-0.05, 0) is 50.0 Å². The van der Waals surface area contributed by atoms with Gasteiger partial charge in [-0.1, -0.05) is 41.5 Å². The number of thiazole rings is 2. The molecule has 1 atom stereocenters. The first-order chi connectivity index (χ1) is 13.1. The summed E-state index contributed by atoms with van der Waals surface area (Å²) in [7, 11) is 0. The molecule has 0 spiro atoms. The van der Waals surface area contributed by atoms with Crippen LogP contribution in [0.3, 0.4) is 0 Å². The molecule has 154 valence electrons. The monoisotopic (exact) mass is 417 g/mol. The summed E-state index contributed by atoms with van der Waals surface area (Å²) in [5.74, 6) is 0.817. The van der Waals surface area contributed by atoms with E-state index in [4.69, 9.17) is 9.97 Å². The SMILES string of the molecule is CCN(Cc1nc2c(s1)CC(C)CC2)Cc1nc2c(s1)C(C)(C)CC(C)(C)C2. The smallest absolute Gasteiger partial charge is 0.107 e. The third-order valence-electron chi connectivity index (χ3n) is 6.32. The van der Waals surface area contributed by atoms with E-state index in [9.17, 15) is 0 Å². The molecule has 0 fully saturated rings. The van der Waals surface area contributed by atoms with E-state index >= 15 is 0 Å². The predicted octanol–water partition coefficient (Wildman–Crippen LogP) is 6.00. The van der Waals surface area contributed by atoms with E-state index in [2.05, 4.69) is 46.4 Å². The largest absolute Gasteiger partial charge is 0.290 e. The lowest BCUT2D eigenvalue weighted by Gasteiger charge is -2.39. The molecule has 0 N–H and O–H groups in total. The Kier molecular flexibility index (Phi) is 5.47. The number of fused-ring (bicyclic) bond motifs is 2. The third-order valence-corrected chi connectivity index (χ3v) is 8.87. The van der Waals surface area contributed by atoms with Crippen LogP contribution in [0.4, 0.5) is 0 Å². The van der Waals surface area contributed by atoms with Gasteiger partial charge >= 0.3 is 0 Å². The van der Waals surface area contributed by atoms with Gasteiger partial charge in [0.05, 0.1) is 24.5 Å². The van der Waals surface area contributed by atoms with Crippen molar-refractivity contribution in [2.75, 3.05) is 6.54 Å². The first-order valence-electron chi connectivity index (χ1n) is 10.8. The average molecular weight is 418 g/mol. The molecule has 28 heavy (non-hydrogen) atoms. The molecule has 0 bridgehead atoms. The highest BCUT2D eigenvalue weighted by molar-refractivity contribution is 7.12. The van der Waals surface area contributed by atoms with Crippen LogP contribution in [0.1, 0.15) is 85.5 Å². The van der Waals surface area contributed by atoms with Crippen LogP contribution in [0.25, 0.3) is 0 Å². The molecule has 0 saturated heterocycles. The van der Waals surface area contributed by atoms with Crippen molar-refractivity contribution in [2.45, 2.75) is 92.2 Å². The number of rotatable bonds is 5. The first-order valence-corrected chi connectivity index (χ1v) is 12.5. The molecule has 0 saturated carbocycles. The zero-order valence-electron chi connectivity index (χ0n) is 18.4. The summed E-state index contributed by atoms with van der Waals surface area (Å²) in [6, 6.07) is 0. The lowest BCUT2D eigenvalue weighted by molar-refractivity contribution is 0.232. The molecule has 2 aliphatic carbocycles. The Morgan fingerprint density at radius 3 is 2.43 bits per heavy atom. The van der Waals surface area contributed by atoms with Crippen molar-refractivity contribution in [2.24, 2.45) is 11.3 Å². The fourth-order valence-electron chi connectivity index (χ4n) is 5.23. The maximum atomic E-state index is 5.11. The number of aromatic nitrogens is 2. The molecule has 0 amide bonds. The van der Waals surface area contributed by atoms with E-state index in [1.54, 1.807) is 4.88 Å². The summed E-state index contributed by atoms with van der Waals surface area (Å²) in [5.41, 5.74) is 3.33. The second-order valence-electron chi connectivity index (χ2n) is 10.4. The highest BCUT2D eigenvalue weighted by atomic mass is 32.1. The minimum absolute atomic E-state index is 0.245. The number of hydrogen-bond donors (Lipinski definition) is 0. The summed E-state index contributed by atoms with van der Waals surface area (Å²) in [6.45, 7) is 17.2. The van der Waals surface area contributed by atoms with Crippen molar-refractivity contribution in [3.63, 3.8) is 0 Å². The van der Waals surface area contributed by atoms with E-state index in [0.717, 1.165) is 32.0 Å². The molecule has 2 aliphatic rings. The molecule has 5 heteroatoms. The Labute approximate surface area is 178 Å². The topological polar surface area (TPSA) is 29.0 Å². The third kappa shape index (κ3) is 4.22. The molecule has 0 aliphatic heterocycles. The highest BCUT2D eigenvalue weighted by Crippen LogP contribution is 2.47. The average Bonchev–Trinajstić information content (AvgIpc) is 3.15. The minimum Gasteiger partial charge on any atom is -0.290 e. The van der Waals surface area contributed by atoms with E-state index < -0.39 is 0 Å². The Balaban J connectivity index is 1.49. The van der Waals surface area contributed by atoms with Crippen molar-refractivity contribution in [1.82, 2.24) is 14.9 Å². The molecule has 2 heterocycles. The van der Waals surface area contributed by atoms with Crippen LogP contribution in [0, 0.1) is 11.3 Å². The Hall–Kier alpha value is -0.780. The van der Waals surface area contributed by atoms with E-state index in [1.165, 1.54) is 52.0 Å². The normalized spacial score (nSPS) is 22.9. The van der Waals surface area contributed by atoms with Crippen LogP contribution >= 0.6 is 22.7 Å². The minimum atomic E-state index is 0.245. The molecule has 3 nitrogen and oxygen atoms in total. The summed E-state index contributed by atoms with van der Waals surface area (Å²) in [4.78, 5) is 15.7. The van der Waals surface area contributed by atoms with Crippen molar-refractivity contribution in [3.05, 3.63) is 31.2 Å². The molecule has 0 radical (unpaired) electrons. The van der Waals surface area contributed by atoms with Gasteiger partial charge in [0.1, 0.15) is 10.0 Å². The highest BCUT2D eigenvalue weighted by Gasteiger charge is 2.40. The van der Waals surface area contributed by atoms with Crippen molar-refractivity contribution in [1.29, 1.82) is 0 Å². The van der Waals surface area contributed by atoms with Gasteiger partial charge in [-0.2, -0.15) is 0 Å². The Morgan fingerprint density at radius 2 is 1.71 bits per heavy atom. The van der Waals surface area contributed by atoms with Gasteiger partial charge in [-0.3, -0.25) is 4.90 Å². The van der Waals surface area contributed by atoms with E-state index in [-0.39, 0.29) is 5.41 Å². The van der Waals surface area contributed by atoms with Crippen LogP contribution < -0.4 is 0 Å². The quantitative estimate of drug-likeness (QED) is 0.598. The first kappa shape index (κ1) is 20.5. The molecule has 1 unspecified atom stereocenters. The molecule has 4 rings (SSSR count). The van der Waals surface area contributed by atoms with Gasteiger partial charge < -0.3 is 0 Å². The van der Waals surface area contributed by atoms with Crippen LogP contribution in [-0.2, 0) is 37.8 Å². The number of hydrogen-bond acceptors (Lipinski definition) is 5. The Morgan fingerprint density at radius 1 is 1.04 bits per heavy atom. The van der Waals surface area contributed by atoms with Gasteiger partial charge in [0.2, 0.25) is 0 Å². The standard InChI is InChI=1S/C23H35N3S2/c1-7-26(12-19-24-16-9-8-15(2)10-18(16)27-19)13-20-25-17-11-22(3,4)14-23(5,6)21(17)28-20/h15H,7-14H2,1-6H3. The fraction of sp³-hybridized carbons (Fsp3) is 0.739. The summed E-state index contributed by atoms with van der Waals surface area (Å²) in [5, 5.41) is 2.58. The van der Waals surface area contributed by atoms with Crippen molar-refractivity contribution >= 4 is 22.7 Å². The summed E-state index contributed by atoms with van der Waals surface area (Å²) >= 11 is 3.91. The van der Waals surface area contributed by atoms with Crippen LogP contribution in [0.2, 0.25) is 0 Å². The second-order valence-corrected chi connectivity index (χ2v) is 12.7. The summed E-state index contributed by atoms with van der Waals surface area (Å²) < 4.78 is 0. The lowest BCUT2D eigenvalue weighted by Crippen LogP contribution is -2.33. The molecular formula is C23H35N3S2. The number of aryl methyl sites for hydroxylation is 1. The molecule has 0 aromatic carbocycles. The zero-order valence-corrected chi connectivity index (χ0v) is 20.0. The van der Waals surface area contributed by atoms with Crippen molar-refractivity contribution in [3.8, 4) is 0 Å². The molecule has 2 aromatic heterocycles. The van der Waals surface area contributed by atoms with Crippen LogP contribution in [0.5, 0.6) is 0 Å². The van der Waals surface area contributed by atoms with E-state index in [1.807, 2.05) is 22.7 Å². The molecular weight excluding hydrogens is 382 g/mol. The number of nitrogens with zero attached hydrogens (tertiary/aromatic N) is 3. The zero-order chi connectivity index (χ0) is 20.1. The van der Waals surface area contributed by atoms with Gasteiger partial charge in [0.15, 0.2) is 0 Å². The maximum Gasteiger partial charge on any atom is 0.107 e. The van der Waals surface area contributed by atoms with Gasteiger partial charge in [0, 0.05) is 15.2 Å². The summed E-state index contributed by atoms with van der Waals surface area (Å²) in [6.07, 6.45) is 6.05. The fourth-order valence-corrected chi connectivity index (χ4v) is 7.78. The lowest BCUT2D eigenvalue weighted by atomic mass is 9.67. The maximum absolute atomic E-state index is 5.11. The predicted molar refractivity (Wildman–Crippen MR) is 120 cm³/mol. The van der Waals surface area contributed by atoms with Gasteiger partial charge in [-0.25, -0.2) is 9.97 Å². The molecule has 2 aromatic rings. The van der Waals surface area contributed by atoms with Crippen LogP contribution in [0.15, 0.2) is 0 Å². The van der Waals surface area contributed by atoms with Gasteiger partial charge in [-0.15, -0.1) is 22.7 Å².